The van der Waals surface area contributed by atoms with Crippen molar-refractivity contribution in [3.8, 4) is 0 Å². The van der Waals surface area contributed by atoms with E-state index in [1.807, 2.05) is 0 Å². The molecule has 1 rings (SSSR count). The van der Waals surface area contributed by atoms with Crippen molar-refractivity contribution in [2.24, 2.45) is 0 Å². The first kappa shape index (κ1) is 16.9. The molecule has 0 saturated heterocycles. The molecular weight excluding hydrogens is 300 g/mol. The molecule has 0 spiro atoms. The van der Waals surface area contributed by atoms with E-state index in [0.717, 1.165) is 23.3 Å². The van der Waals surface area contributed by atoms with Crippen LogP contribution >= 0.6 is 11.3 Å². The number of hydrogen-bond donors (Lipinski definition) is 0. The molecule has 0 saturated carbocycles. The number of thiophene rings is 1. The molecule has 8 nitrogen and oxygen atoms in total. The maximum Gasteiger partial charge on any atom is 0.415 e. The topological polar surface area (TPSA) is 99.0 Å². The lowest BCUT2D eigenvalue weighted by Gasteiger charge is -2.25. The van der Waals surface area contributed by atoms with Gasteiger partial charge in [0.15, 0.2) is 0 Å². The van der Waals surface area contributed by atoms with Crippen LogP contribution in [0.2, 0.25) is 0 Å². The van der Waals surface area contributed by atoms with Crippen LogP contribution < -0.4 is 4.90 Å². The van der Waals surface area contributed by atoms with Crippen LogP contribution in [0.4, 0.5) is 15.5 Å². The molecule has 0 bridgehead atoms. The summed E-state index contributed by atoms with van der Waals surface area (Å²) in [6.45, 7) is 4.50. The number of carbonyl (C=O) groups is 2. The molecule has 1 aromatic heterocycles. The van der Waals surface area contributed by atoms with E-state index in [1.165, 1.54) is 11.4 Å². The van der Waals surface area contributed by atoms with E-state index in [0.29, 0.717) is 0 Å². The Kier molecular flexibility index (Phi) is 5.25. The molecule has 0 N–H and O–H groups in total. The third-order valence-corrected chi connectivity index (χ3v) is 3.06. The van der Waals surface area contributed by atoms with Crippen molar-refractivity contribution in [3.05, 3.63) is 21.6 Å². The molecule has 0 atom stereocenters. The van der Waals surface area contributed by atoms with E-state index in [9.17, 15) is 19.7 Å². The van der Waals surface area contributed by atoms with Gasteiger partial charge in [-0.1, -0.05) is 11.3 Å². The van der Waals surface area contributed by atoms with Crippen LogP contribution in [-0.4, -0.2) is 36.2 Å². The van der Waals surface area contributed by atoms with Gasteiger partial charge in [-0.2, -0.15) is 0 Å². The predicted octanol–water partition coefficient (Wildman–Crippen LogP) is 2.57. The van der Waals surface area contributed by atoms with Gasteiger partial charge in [-0.15, -0.1) is 0 Å². The van der Waals surface area contributed by atoms with Crippen molar-refractivity contribution in [2.45, 2.75) is 26.4 Å². The Hall–Kier alpha value is -2.16. The number of anilines is 1. The van der Waals surface area contributed by atoms with Crippen LogP contribution in [0.5, 0.6) is 0 Å². The molecule has 9 heteroatoms. The number of nitro groups is 1. The molecule has 0 aliphatic rings. The number of carbonyl (C=O) groups excluding carboxylic acids is 2. The summed E-state index contributed by atoms with van der Waals surface area (Å²) in [4.78, 5) is 34.8. The molecular formula is C12H16N2O6S. The Balaban J connectivity index is 3.13. The maximum atomic E-state index is 12.2. The summed E-state index contributed by atoms with van der Waals surface area (Å²) in [5, 5.41) is 12.2. The van der Waals surface area contributed by atoms with Crippen LogP contribution in [0.3, 0.4) is 0 Å². The third kappa shape index (κ3) is 4.71. The number of rotatable bonds is 4. The second-order valence-corrected chi connectivity index (χ2v) is 5.91. The van der Waals surface area contributed by atoms with E-state index >= 15 is 0 Å². The highest BCUT2D eigenvalue weighted by Crippen LogP contribution is 2.34. The fraction of sp³-hybridized carbons (Fsp3) is 0.500. The molecule has 0 radical (unpaired) electrons. The van der Waals surface area contributed by atoms with E-state index in [-0.39, 0.29) is 10.7 Å². The van der Waals surface area contributed by atoms with Gasteiger partial charge in [0.05, 0.1) is 12.0 Å². The fourth-order valence-electron chi connectivity index (χ4n) is 1.40. The Labute approximate surface area is 125 Å². The molecule has 0 unspecified atom stereocenters. The molecule has 21 heavy (non-hydrogen) atoms. The average molecular weight is 316 g/mol. The first-order valence-electron chi connectivity index (χ1n) is 5.95. The molecule has 1 amide bonds. The number of esters is 1. The first-order chi connectivity index (χ1) is 9.65. The lowest BCUT2D eigenvalue weighted by atomic mass is 10.2. The van der Waals surface area contributed by atoms with Gasteiger partial charge in [0, 0.05) is 0 Å². The minimum Gasteiger partial charge on any atom is -0.468 e. The smallest absolute Gasteiger partial charge is 0.415 e. The van der Waals surface area contributed by atoms with Crippen molar-refractivity contribution in [2.75, 3.05) is 18.6 Å². The summed E-state index contributed by atoms with van der Waals surface area (Å²) in [5.41, 5.74) is -0.791. The number of amides is 1. The summed E-state index contributed by atoms with van der Waals surface area (Å²) in [6, 6.07) is 1.38. The predicted molar refractivity (Wildman–Crippen MR) is 76.6 cm³/mol. The monoisotopic (exact) mass is 316 g/mol. The van der Waals surface area contributed by atoms with Crippen LogP contribution in [0, 0.1) is 10.1 Å². The fourth-order valence-corrected chi connectivity index (χ4v) is 2.11. The highest BCUT2D eigenvalue weighted by Gasteiger charge is 2.31. The van der Waals surface area contributed by atoms with E-state index in [4.69, 9.17) is 4.74 Å². The van der Waals surface area contributed by atoms with Gasteiger partial charge in [-0.25, -0.2) is 4.79 Å². The summed E-state index contributed by atoms with van der Waals surface area (Å²) in [7, 11) is 1.16. The molecule has 0 fully saturated rings. The summed E-state index contributed by atoms with van der Waals surface area (Å²) >= 11 is 0.855. The number of nitrogens with zero attached hydrogens (tertiary/aromatic N) is 2. The van der Waals surface area contributed by atoms with Gasteiger partial charge in [0.2, 0.25) is 0 Å². The minimum absolute atomic E-state index is 0.00431. The van der Waals surface area contributed by atoms with Gasteiger partial charge in [0.25, 0.3) is 0 Å². The van der Waals surface area contributed by atoms with Crippen molar-refractivity contribution in [1.82, 2.24) is 0 Å². The minimum atomic E-state index is -0.852. The van der Waals surface area contributed by atoms with Crippen LogP contribution in [0.25, 0.3) is 0 Å². The highest BCUT2D eigenvalue weighted by molar-refractivity contribution is 7.14. The van der Waals surface area contributed by atoms with Gasteiger partial charge in [-0.05, 0) is 32.2 Å². The van der Waals surface area contributed by atoms with Crippen molar-refractivity contribution in [1.29, 1.82) is 0 Å². The van der Waals surface area contributed by atoms with Gasteiger partial charge in [-0.3, -0.25) is 19.8 Å². The molecule has 1 aromatic rings. The standard InChI is InChI=1S/C12H16N2O6S/c1-12(2,3)20-11(16)13(7-9(15)19-4)8-5-6-21-10(8)14(17)18/h5-6H,7H2,1-4H3. The lowest BCUT2D eigenvalue weighted by Crippen LogP contribution is -2.40. The van der Waals surface area contributed by atoms with Crippen molar-refractivity contribution >= 4 is 34.1 Å². The first-order valence-corrected chi connectivity index (χ1v) is 6.83. The van der Waals surface area contributed by atoms with Crippen molar-refractivity contribution in [3.63, 3.8) is 0 Å². The SMILES string of the molecule is COC(=O)CN(C(=O)OC(C)(C)C)c1ccsc1[N+](=O)[O-]. The Morgan fingerprint density at radius 1 is 1.43 bits per heavy atom. The highest BCUT2D eigenvalue weighted by atomic mass is 32.1. The van der Waals surface area contributed by atoms with Crippen LogP contribution in [0.15, 0.2) is 11.4 Å². The second kappa shape index (κ2) is 6.53. The Bertz CT molecular complexity index is 548. The number of methoxy groups -OCH3 is 1. The largest absolute Gasteiger partial charge is 0.468 e. The van der Waals surface area contributed by atoms with Crippen molar-refractivity contribution < 1.29 is 24.0 Å². The zero-order valence-corrected chi connectivity index (χ0v) is 12.9. The summed E-state index contributed by atoms with van der Waals surface area (Å²) in [5.74, 6) is -0.707. The zero-order chi connectivity index (χ0) is 16.2. The zero-order valence-electron chi connectivity index (χ0n) is 12.1. The third-order valence-electron chi connectivity index (χ3n) is 2.21. The van der Waals surface area contributed by atoms with E-state index < -0.39 is 29.1 Å². The van der Waals surface area contributed by atoms with Crippen LogP contribution in [-0.2, 0) is 14.3 Å². The van der Waals surface area contributed by atoms with Gasteiger partial charge >= 0.3 is 17.1 Å². The Morgan fingerprint density at radius 3 is 2.52 bits per heavy atom. The normalized spacial score (nSPS) is 10.9. The second-order valence-electron chi connectivity index (χ2n) is 5.01. The summed E-state index contributed by atoms with van der Waals surface area (Å²) < 4.78 is 9.67. The molecule has 0 aromatic carbocycles. The van der Waals surface area contributed by atoms with Gasteiger partial charge in [0.1, 0.15) is 17.8 Å². The number of ether oxygens (including phenoxy) is 2. The molecule has 116 valence electrons. The quantitative estimate of drug-likeness (QED) is 0.481. The van der Waals surface area contributed by atoms with Gasteiger partial charge < -0.3 is 9.47 Å². The lowest BCUT2D eigenvalue weighted by molar-refractivity contribution is -0.379. The maximum absolute atomic E-state index is 12.2. The molecule has 0 aliphatic carbocycles. The Morgan fingerprint density at radius 2 is 2.05 bits per heavy atom. The summed E-state index contributed by atoms with van der Waals surface area (Å²) in [6.07, 6.45) is -0.852. The van der Waals surface area contributed by atoms with E-state index in [1.54, 1.807) is 20.8 Å². The van der Waals surface area contributed by atoms with E-state index in [2.05, 4.69) is 4.74 Å². The molecule has 1 heterocycles. The average Bonchev–Trinajstić information content (AvgIpc) is 2.82. The van der Waals surface area contributed by atoms with Crippen LogP contribution in [0.1, 0.15) is 20.8 Å². The number of hydrogen-bond acceptors (Lipinski definition) is 7. The molecule has 0 aliphatic heterocycles.